The van der Waals surface area contributed by atoms with Gasteiger partial charge in [0.05, 0.1) is 29.6 Å². The second-order valence-corrected chi connectivity index (χ2v) is 11.9. The molecule has 0 aliphatic rings. The summed E-state index contributed by atoms with van der Waals surface area (Å²) in [6.45, 7) is 5.14. The molecule has 11 heteroatoms. The molecule has 0 aliphatic carbocycles. The maximum absolute atomic E-state index is 12.9. The standard InChI is InChI=1S/C25H29N3O6S2/c1-17-6-7-18(2)24(16-17)27-36(32,33)23-14-8-20(9-15-23)26-25(29)19(3)28(35(5,30)31)21-10-12-22(34-4)13-11-21/h6-16,19,27H,1-5H3,(H,26,29)/t19-/m1/s1. The fourth-order valence-corrected chi connectivity index (χ4v) is 5.85. The largest absolute Gasteiger partial charge is 0.497 e. The van der Waals surface area contributed by atoms with E-state index < -0.39 is 32.0 Å². The molecule has 3 aromatic carbocycles. The number of nitrogens with one attached hydrogen (secondary N) is 2. The first-order valence-corrected chi connectivity index (χ1v) is 14.3. The lowest BCUT2D eigenvalue weighted by atomic mass is 10.1. The minimum absolute atomic E-state index is 0.0189. The van der Waals surface area contributed by atoms with Gasteiger partial charge in [-0.15, -0.1) is 0 Å². The van der Waals surface area contributed by atoms with Gasteiger partial charge in [0.1, 0.15) is 11.8 Å². The predicted molar refractivity (Wildman–Crippen MR) is 142 cm³/mol. The minimum atomic E-state index is -3.85. The molecular weight excluding hydrogens is 502 g/mol. The predicted octanol–water partition coefficient (Wildman–Crippen LogP) is 3.91. The van der Waals surface area contributed by atoms with Gasteiger partial charge in [0, 0.05) is 5.69 Å². The summed E-state index contributed by atoms with van der Waals surface area (Å²) in [5.41, 5.74) is 2.82. The summed E-state index contributed by atoms with van der Waals surface area (Å²) in [5.74, 6) is -0.0354. The minimum Gasteiger partial charge on any atom is -0.497 e. The Morgan fingerprint density at radius 1 is 0.917 bits per heavy atom. The Kier molecular flexibility index (Phi) is 7.95. The van der Waals surface area contributed by atoms with Gasteiger partial charge in [-0.05, 0) is 86.5 Å². The Bertz CT molecular complexity index is 1450. The summed E-state index contributed by atoms with van der Waals surface area (Å²) < 4.78 is 59.3. The fourth-order valence-electron chi connectivity index (χ4n) is 3.55. The van der Waals surface area contributed by atoms with Gasteiger partial charge in [-0.25, -0.2) is 16.8 Å². The van der Waals surface area contributed by atoms with Gasteiger partial charge in [-0.2, -0.15) is 0 Å². The molecule has 0 bridgehead atoms. The molecule has 3 rings (SSSR count). The number of carbonyl (C=O) groups excluding carboxylic acids is 1. The zero-order valence-electron chi connectivity index (χ0n) is 20.6. The van der Waals surface area contributed by atoms with Crippen LogP contribution in [0, 0.1) is 13.8 Å². The molecule has 0 spiro atoms. The summed E-state index contributed by atoms with van der Waals surface area (Å²) >= 11 is 0. The lowest BCUT2D eigenvalue weighted by molar-refractivity contribution is -0.116. The van der Waals surface area contributed by atoms with Crippen LogP contribution in [0.5, 0.6) is 5.75 Å². The molecule has 0 fully saturated rings. The molecule has 0 heterocycles. The van der Waals surface area contributed by atoms with E-state index in [9.17, 15) is 21.6 Å². The molecule has 36 heavy (non-hydrogen) atoms. The maximum atomic E-state index is 12.9. The van der Waals surface area contributed by atoms with E-state index in [2.05, 4.69) is 10.0 Å². The van der Waals surface area contributed by atoms with Gasteiger partial charge in [0.2, 0.25) is 15.9 Å². The Labute approximate surface area is 212 Å². The Morgan fingerprint density at radius 3 is 2.08 bits per heavy atom. The quantitative estimate of drug-likeness (QED) is 0.432. The van der Waals surface area contributed by atoms with Crippen molar-refractivity contribution in [3.05, 3.63) is 77.9 Å². The number of benzene rings is 3. The monoisotopic (exact) mass is 531 g/mol. The highest BCUT2D eigenvalue weighted by atomic mass is 32.2. The van der Waals surface area contributed by atoms with Crippen LogP contribution in [0.25, 0.3) is 0 Å². The molecule has 192 valence electrons. The van der Waals surface area contributed by atoms with E-state index in [-0.39, 0.29) is 4.90 Å². The number of hydrogen-bond donors (Lipinski definition) is 2. The third-order valence-corrected chi connectivity index (χ3v) is 8.11. The Balaban J connectivity index is 1.77. The average molecular weight is 532 g/mol. The van der Waals surface area contributed by atoms with Crippen LogP contribution in [0.15, 0.2) is 71.6 Å². The van der Waals surface area contributed by atoms with Crippen molar-refractivity contribution in [2.45, 2.75) is 31.7 Å². The average Bonchev–Trinajstić information content (AvgIpc) is 2.81. The van der Waals surface area contributed by atoms with Crippen molar-refractivity contribution < 1.29 is 26.4 Å². The van der Waals surface area contributed by atoms with Crippen molar-refractivity contribution in [3.8, 4) is 5.75 Å². The number of nitrogens with zero attached hydrogens (tertiary/aromatic N) is 1. The van der Waals surface area contributed by atoms with Crippen LogP contribution in [0.4, 0.5) is 17.1 Å². The van der Waals surface area contributed by atoms with Crippen LogP contribution in [0.3, 0.4) is 0 Å². The van der Waals surface area contributed by atoms with E-state index in [1.165, 1.54) is 38.3 Å². The van der Waals surface area contributed by atoms with Crippen LogP contribution in [-0.2, 0) is 24.8 Å². The number of carbonyl (C=O) groups is 1. The van der Waals surface area contributed by atoms with Crippen molar-refractivity contribution in [1.29, 1.82) is 0 Å². The van der Waals surface area contributed by atoms with Gasteiger partial charge in [-0.3, -0.25) is 13.8 Å². The summed E-state index contributed by atoms with van der Waals surface area (Å²) in [6.07, 6.45) is 1.02. The first-order valence-electron chi connectivity index (χ1n) is 11.0. The van der Waals surface area contributed by atoms with Crippen molar-refractivity contribution in [2.75, 3.05) is 27.7 Å². The van der Waals surface area contributed by atoms with Crippen LogP contribution in [0.2, 0.25) is 0 Å². The molecule has 1 amide bonds. The first kappa shape index (κ1) is 27.0. The summed E-state index contributed by atoms with van der Waals surface area (Å²) in [4.78, 5) is 12.9. The Hall–Kier alpha value is -3.57. The number of hydrogen-bond acceptors (Lipinski definition) is 6. The topological polar surface area (TPSA) is 122 Å². The summed E-state index contributed by atoms with van der Waals surface area (Å²) in [7, 11) is -6.15. The molecule has 2 N–H and O–H groups in total. The van der Waals surface area contributed by atoms with Crippen molar-refractivity contribution in [3.63, 3.8) is 0 Å². The van der Waals surface area contributed by atoms with Crippen LogP contribution in [0.1, 0.15) is 18.1 Å². The van der Waals surface area contributed by atoms with Crippen LogP contribution < -0.4 is 19.1 Å². The molecule has 3 aromatic rings. The second kappa shape index (κ2) is 10.6. The van der Waals surface area contributed by atoms with Gasteiger partial charge in [0.15, 0.2) is 0 Å². The highest BCUT2D eigenvalue weighted by molar-refractivity contribution is 7.92. The molecule has 0 saturated heterocycles. The van der Waals surface area contributed by atoms with E-state index in [0.29, 0.717) is 22.8 Å². The molecule has 0 unspecified atom stereocenters. The van der Waals surface area contributed by atoms with Gasteiger partial charge < -0.3 is 10.1 Å². The van der Waals surface area contributed by atoms with E-state index >= 15 is 0 Å². The van der Waals surface area contributed by atoms with E-state index in [1.54, 1.807) is 30.3 Å². The number of sulfonamides is 2. The molecule has 1 atom stereocenters. The number of ether oxygens (including phenoxy) is 1. The van der Waals surface area contributed by atoms with Crippen LogP contribution >= 0.6 is 0 Å². The van der Waals surface area contributed by atoms with Crippen molar-refractivity contribution >= 4 is 43.0 Å². The number of rotatable bonds is 9. The highest BCUT2D eigenvalue weighted by Gasteiger charge is 2.29. The number of anilines is 3. The van der Waals surface area contributed by atoms with E-state index in [4.69, 9.17) is 4.74 Å². The number of methoxy groups -OCH3 is 1. The lowest BCUT2D eigenvalue weighted by Crippen LogP contribution is -2.45. The molecular formula is C25H29N3O6S2. The molecule has 9 nitrogen and oxygen atoms in total. The zero-order chi connectivity index (χ0) is 26.7. The third-order valence-electron chi connectivity index (χ3n) is 5.48. The second-order valence-electron chi connectivity index (χ2n) is 8.37. The highest BCUT2D eigenvalue weighted by Crippen LogP contribution is 2.25. The third kappa shape index (κ3) is 6.35. The lowest BCUT2D eigenvalue weighted by Gasteiger charge is -2.28. The molecule has 0 saturated carbocycles. The zero-order valence-corrected chi connectivity index (χ0v) is 22.3. The fraction of sp³-hybridized carbons (Fsp3) is 0.240. The number of amides is 1. The SMILES string of the molecule is COc1ccc(N([C@H](C)C(=O)Nc2ccc(S(=O)(=O)Nc3cc(C)ccc3C)cc2)S(C)(=O)=O)cc1. The van der Waals surface area contributed by atoms with Gasteiger partial charge in [-0.1, -0.05) is 12.1 Å². The van der Waals surface area contributed by atoms with Crippen molar-refractivity contribution in [1.82, 2.24) is 0 Å². The Morgan fingerprint density at radius 2 is 1.53 bits per heavy atom. The molecule has 0 aliphatic heterocycles. The smallest absolute Gasteiger partial charge is 0.261 e. The van der Waals surface area contributed by atoms with Crippen LogP contribution in [-0.4, -0.2) is 42.2 Å². The molecule has 0 radical (unpaired) electrons. The van der Waals surface area contributed by atoms with Gasteiger partial charge in [0.25, 0.3) is 10.0 Å². The maximum Gasteiger partial charge on any atom is 0.261 e. The summed E-state index contributed by atoms with van der Waals surface area (Å²) in [6, 6.07) is 16.3. The van der Waals surface area contributed by atoms with Gasteiger partial charge >= 0.3 is 0 Å². The van der Waals surface area contributed by atoms with E-state index in [0.717, 1.165) is 21.7 Å². The van der Waals surface area contributed by atoms with Crippen molar-refractivity contribution in [2.24, 2.45) is 0 Å². The van der Waals surface area contributed by atoms with E-state index in [1.807, 2.05) is 26.0 Å². The summed E-state index contributed by atoms with van der Waals surface area (Å²) in [5, 5.41) is 2.65. The molecule has 0 aromatic heterocycles. The first-order chi connectivity index (χ1) is 16.8. The normalized spacial score (nSPS) is 12.5. The number of aryl methyl sites for hydroxylation is 2.